The Kier molecular flexibility index (Phi) is 5.37. The number of nitrogens with zero attached hydrogens (tertiary/aromatic N) is 2. The van der Waals surface area contributed by atoms with Crippen molar-refractivity contribution in [2.24, 2.45) is 10.7 Å². The molecule has 2 heterocycles. The SMILES string of the molecule is CC(CN=C(N)NC1CCCCC1)N1CCc2sccc2C1. The second-order valence-corrected chi connectivity index (χ2v) is 7.64. The smallest absolute Gasteiger partial charge is 0.188 e. The van der Waals surface area contributed by atoms with Crippen molar-refractivity contribution in [1.82, 2.24) is 10.2 Å². The molecule has 1 saturated carbocycles. The Morgan fingerprint density at radius 1 is 1.45 bits per heavy atom. The van der Waals surface area contributed by atoms with Gasteiger partial charge >= 0.3 is 0 Å². The summed E-state index contributed by atoms with van der Waals surface area (Å²) in [6, 6.07) is 3.25. The first-order valence-electron chi connectivity index (χ1n) is 8.58. The largest absolute Gasteiger partial charge is 0.370 e. The van der Waals surface area contributed by atoms with Gasteiger partial charge in [0.05, 0.1) is 6.54 Å². The standard InChI is InChI=1S/C17H28N4S/c1-13(21-9-7-16-14(12-21)8-10-22-16)11-19-17(18)20-15-5-3-2-4-6-15/h8,10,13,15H,2-7,9,11-12H2,1H3,(H3,18,19,20). The van der Waals surface area contributed by atoms with Crippen molar-refractivity contribution in [3.63, 3.8) is 0 Å². The second kappa shape index (κ2) is 7.47. The van der Waals surface area contributed by atoms with E-state index in [0.29, 0.717) is 18.0 Å². The predicted octanol–water partition coefficient (Wildman–Crippen LogP) is 2.73. The van der Waals surface area contributed by atoms with Crippen LogP contribution in [0.1, 0.15) is 49.5 Å². The highest BCUT2D eigenvalue weighted by atomic mass is 32.1. The molecule has 1 aliphatic carbocycles. The number of guanidine groups is 1. The van der Waals surface area contributed by atoms with E-state index in [2.05, 4.69) is 33.6 Å². The van der Waals surface area contributed by atoms with Crippen molar-refractivity contribution in [1.29, 1.82) is 0 Å². The van der Waals surface area contributed by atoms with E-state index < -0.39 is 0 Å². The molecule has 4 nitrogen and oxygen atoms in total. The minimum absolute atomic E-state index is 0.444. The number of rotatable bonds is 4. The molecular formula is C17H28N4S. The van der Waals surface area contributed by atoms with E-state index in [-0.39, 0.29) is 0 Å². The average Bonchev–Trinajstić information content (AvgIpc) is 3.01. The van der Waals surface area contributed by atoms with Crippen molar-refractivity contribution in [2.45, 2.75) is 64.1 Å². The molecule has 0 amide bonds. The number of nitrogens with one attached hydrogen (secondary N) is 1. The fraction of sp³-hybridized carbons (Fsp3) is 0.706. The summed E-state index contributed by atoms with van der Waals surface area (Å²) < 4.78 is 0. The Balaban J connectivity index is 1.47. The van der Waals surface area contributed by atoms with E-state index in [4.69, 9.17) is 5.73 Å². The molecule has 1 unspecified atom stereocenters. The van der Waals surface area contributed by atoms with E-state index in [9.17, 15) is 0 Å². The maximum atomic E-state index is 6.06. The molecule has 122 valence electrons. The molecule has 1 aliphatic heterocycles. The van der Waals surface area contributed by atoms with Crippen molar-refractivity contribution >= 4 is 17.3 Å². The fourth-order valence-electron chi connectivity index (χ4n) is 3.49. The average molecular weight is 321 g/mol. The highest BCUT2D eigenvalue weighted by Crippen LogP contribution is 2.25. The molecule has 22 heavy (non-hydrogen) atoms. The molecule has 1 aromatic rings. The number of thiophene rings is 1. The van der Waals surface area contributed by atoms with Crippen LogP contribution in [0.2, 0.25) is 0 Å². The van der Waals surface area contributed by atoms with Gasteiger partial charge in [-0.3, -0.25) is 9.89 Å². The van der Waals surface area contributed by atoms with Gasteiger partial charge in [-0.05, 0) is 43.2 Å². The van der Waals surface area contributed by atoms with Crippen LogP contribution < -0.4 is 11.1 Å². The van der Waals surface area contributed by atoms with Crippen molar-refractivity contribution in [2.75, 3.05) is 13.1 Å². The third-order valence-electron chi connectivity index (χ3n) is 4.94. The first kappa shape index (κ1) is 15.8. The molecule has 1 aromatic heterocycles. The van der Waals surface area contributed by atoms with Crippen LogP contribution in [0.5, 0.6) is 0 Å². The highest BCUT2D eigenvalue weighted by molar-refractivity contribution is 7.10. The normalized spacial score (nSPS) is 22.3. The van der Waals surface area contributed by atoms with Crippen LogP contribution in [0.15, 0.2) is 16.4 Å². The van der Waals surface area contributed by atoms with Crippen LogP contribution in [-0.4, -0.2) is 36.0 Å². The van der Waals surface area contributed by atoms with E-state index in [1.165, 1.54) is 44.1 Å². The number of nitrogens with two attached hydrogens (primary N) is 1. The summed E-state index contributed by atoms with van der Waals surface area (Å²) >= 11 is 1.89. The first-order valence-corrected chi connectivity index (χ1v) is 9.46. The lowest BCUT2D eigenvalue weighted by atomic mass is 9.96. The van der Waals surface area contributed by atoms with E-state index in [1.807, 2.05) is 11.3 Å². The summed E-state index contributed by atoms with van der Waals surface area (Å²) in [7, 11) is 0. The molecule has 3 N–H and O–H groups in total. The summed E-state index contributed by atoms with van der Waals surface area (Å²) in [6.45, 7) is 5.24. The van der Waals surface area contributed by atoms with Gasteiger partial charge < -0.3 is 11.1 Å². The van der Waals surface area contributed by atoms with E-state index in [0.717, 1.165) is 19.6 Å². The van der Waals surface area contributed by atoms with Gasteiger partial charge in [0, 0.05) is 30.1 Å². The quantitative estimate of drug-likeness (QED) is 0.662. The zero-order valence-electron chi connectivity index (χ0n) is 13.6. The second-order valence-electron chi connectivity index (χ2n) is 6.64. The zero-order chi connectivity index (χ0) is 15.4. The van der Waals surface area contributed by atoms with Gasteiger partial charge in [0.15, 0.2) is 5.96 Å². The number of aliphatic imine (C=N–C) groups is 1. The van der Waals surface area contributed by atoms with Crippen LogP contribution in [-0.2, 0) is 13.0 Å². The number of fused-ring (bicyclic) bond motifs is 1. The molecule has 0 bridgehead atoms. The molecule has 0 saturated heterocycles. The van der Waals surface area contributed by atoms with Crippen LogP contribution in [0.25, 0.3) is 0 Å². The maximum absolute atomic E-state index is 6.06. The van der Waals surface area contributed by atoms with Gasteiger partial charge in [0.1, 0.15) is 0 Å². The summed E-state index contributed by atoms with van der Waals surface area (Å²) in [5, 5.41) is 5.61. The van der Waals surface area contributed by atoms with Gasteiger partial charge in [0.2, 0.25) is 0 Å². The van der Waals surface area contributed by atoms with Gasteiger partial charge in [-0.2, -0.15) is 0 Å². The Bertz CT molecular complexity index is 505. The molecule has 1 fully saturated rings. The third kappa shape index (κ3) is 4.02. The number of hydrogen-bond donors (Lipinski definition) is 2. The number of hydrogen-bond acceptors (Lipinski definition) is 3. The van der Waals surface area contributed by atoms with Gasteiger partial charge in [-0.1, -0.05) is 19.3 Å². The molecular weight excluding hydrogens is 292 g/mol. The molecule has 3 rings (SSSR count). The Labute approximate surface area is 137 Å². The lowest BCUT2D eigenvalue weighted by molar-refractivity contribution is 0.197. The minimum Gasteiger partial charge on any atom is -0.370 e. The van der Waals surface area contributed by atoms with Crippen molar-refractivity contribution in [3.8, 4) is 0 Å². The van der Waals surface area contributed by atoms with Crippen LogP contribution in [0, 0.1) is 0 Å². The summed E-state index contributed by atoms with van der Waals surface area (Å²) in [5.41, 5.74) is 7.56. The molecule has 0 aromatic carbocycles. The highest BCUT2D eigenvalue weighted by Gasteiger charge is 2.21. The minimum atomic E-state index is 0.444. The van der Waals surface area contributed by atoms with Gasteiger partial charge in [0.25, 0.3) is 0 Å². The summed E-state index contributed by atoms with van der Waals surface area (Å²) in [5.74, 6) is 0.631. The van der Waals surface area contributed by atoms with Crippen molar-refractivity contribution < 1.29 is 0 Å². The van der Waals surface area contributed by atoms with Gasteiger partial charge in [-0.15, -0.1) is 11.3 Å². The predicted molar refractivity (Wildman–Crippen MR) is 94.4 cm³/mol. The topological polar surface area (TPSA) is 53.6 Å². The maximum Gasteiger partial charge on any atom is 0.188 e. The summed E-state index contributed by atoms with van der Waals surface area (Å²) in [4.78, 5) is 8.66. The van der Waals surface area contributed by atoms with E-state index in [1.54, 1.807) is 4.88 Å². The molecule has 2 aliphatic rings. The Morgan fingerprint density at radius 3 is 3.09 bits per heavy atom. The molecule has 0 spiro atoms. The van der Waals surface area contributed by atoms with Gasteiger partial charge in [-0.25, -0.2) is 0 Å². The zero-order valence-corrected chi connectivity index (χ0v) is 14.4. The molecule has 1 atom stereocenters. The van der Waals surface area contributed by atoms with Crippen LogP contribution >= 0.6 is 11.3 Å². The summed E-state index contributed by atoms with van der Waals surface area (Å²) in [6.07, 6.45) is 7.65. The van der Waals surface area contributed by atoms with Crippen LogP contribution in [0.3, 0.4) is 0 Å². The third-order valence-corrected chi connectivity index (χ3v) is 5.97. The molecule has 5 heteroatoms. The lowest BCUT2D eigenvalue weighted by Crippen LogP contribution is -2.43. The first-order chi connectivity index (χ1) is 10.7. The molecule has 0 radical (unpaired) electrons. The Hall–Kier alpha value is -1.07. The van der Waals surface area contributed by atoms with Crippen molar-refractivity contribution in [3.05, 3.63) is 21.9 Å². The lowest BCUT2D eigenvalue weighted by Gasteiger charge is -2.31. The monoisotopic (exact) mass is 320 g/mol. The van der Waals surface area contributed by atoms with E-state index >= 15 is 0 Å². The van der Waals surface area contributed by atoms with Crippen LogP contribution in [0.4, 0.5) is 0 Å². The fourth-order valence-corrected chi connectivity index (χ4v) is 4.38. The Morgan fingerprint density at radius 2 is 2.27 bits per heavy atom.